The smallest absolute Gasteiger partial charge is 0.174 e. The summed E-state index contributed by atoms with van der Waals surface area (Å²) >= 11 is 5.61. The van der Waals surface area contributed by atoms with Crippen LogP contribution in [0.15, 0.2) is 67.1 Å². The number of hydrogen-bond donors (Lipinski definition) is 1. The molecule has 0 saturated carbocycles. The Balaban J connectivity index is 1.84. The second kappa shape index (κ2) is 7.12. The molecule has 1 aromatic carbocycles. The molecule has 3 aromatic rings. The zero-order chi connectivity index (χ0) is 19.0. The monoisotopic (exact) mass is 380 g/mol. The number of halogens is 1. The molecule has 1 saturated heterocycles. The van der Waals surface area contributed by atoms with Crippen LogP contribution in [0.5, 0.6) is 0 Å². The Hall–Kier alpha value is -2.73. The maximum atomic E-state index is 14.6. The molecule has 0 bridgehead atoms. The summed E-state index contributed by atoms with van der Waals surface area (Å²) < 4.78 is 16.8. The lowest BCUT2D eigenvalue weighted by atomic mass is 9.98. The van der Waals surface area contributed by atoms with Crippen molar-refractivity contribution in [3.63, 3.8) is 0 Å². The molecule has 138 valence electrons. The number of nitrogens with zero attached hydrogens (tertiary/aromatic N) is 3. The molecule has 2 aromatic heterocycles. The molecule has 0 radical (unpaired) electrons. The minimum Gasteiger partial charge on any atom is -0.351 e. The number of para-hydroxylation sites is 1. The van der Waals surface area contributed by atoms with E-state index in [0.29, 0.717) is 16.8 Å². The van der Waals surface area contributed by atoms with Gasteiger partial charge in [-0.2, -0.15) is 0 Å². The van der Waals surface area contributed by atoms with E-state index >= 15 is 0 Å². The highest BCUT2D eigenvalue weighted by Crippen LogP contribution is 2.42. The van der Waals surface area contributed by atoms with Crippen molar-refractivity contribution in [2.24, 2.45) is 0 Å². The van der Waals surface area contributed by atoms with E-state index in [0.717, 1.165) is 11.3 Å². The van der Waals surface area contributed by atoms with Crippen molar-refractivity contribution in [3.8, 4) is 0 Å². The van der Waals surface area contributed by atoms with E-state index in [4.69, 9.17) is 12.2 Å². The van der Waals surface area contributed by atoms with Crippen molar-refractivity contribution < 1.29 is 4.39 Å². The van der Waals surface area contributed by atoms with E-state index in [2.05, 4.69) is 47.2 Å². The van der Waals surface area contributed by atoms with Gasteiger partial charge in [-0.3, -0.25) is 4.98 Å². The first-order valence-corrected chi connectivity index (χ1v) is 9.39. The fraction of sp³-hybridized carbons (Fsp3) is 0.238. The molecule has 1 fully saturated rings. The lowest BCUT2D eigenvalue weighted by Crippen LogP contribution is -2.30. The molecule has 4 nitrogen and oxygen atoms in total. The lowest BCUT2D eigenvalue weighted by Gasteiger charge is -2.27. The minimum atomic E-state index is -0.295. The zero-order valence-electron chi connectivity index (χ0n) is 15.2. The first kappa shape index (κ1) is 17.7. The van der Waals surface area contributed by atoms with Crippen molar-refractivity contribution in [1.82, 2.24) is 14.9 Å². The molecule has 1 N–H and O–H groups in total. The maximum Gasteiger partial charge on any atom is 0.174 e. The number of nitrogens with one attached hydrogen (secondary N) is 1. The first-order chi connectivity index (χ1) is 13.1. The van der Waals surface area contributed by atoms with Gasteiger partial charge in [0.25, 0.3) is 0 Å². The SMILES string of the molecule is CC(C)n1ccc([C@@H]2[C@@H](c3ccccn3)NC(=S)N2c2ccccc2F)c1. The standard InChI is InChI=1S/C21H21FN4S/c1-14(2)25-12-10-15(13-25)20-19(17-8-5-6-11-23-17)24-21(27)26(20)18-9-4-3-7-16(18)22/h3-14,19-20H,1-2H3,(H,24,27)/t19-,20-/m1/s1. The highest BCUT2D eigenvalue weighted by Gasteiger charge is 2.41. The van der Waals surface area contributed by atoms with Crippen LogP contribution < -0.4 is 10.2 Å². The zero-order valence-corrected chi connectivity index (χ0v) is 16.0. The van der Waals surface area contributed by atoms with Crippen LogP contribution in [-0.2, 0) is 0 Å². The van der Waals surface area contributed by atoms with E-state index in [-0.39, 0.29) is 17.9 Å². The fourth-order valence-electron chi connectivity index (χ4n) is 3.53. The average molecular weight is 380 g/mol. The predicted molar refractivity (Wildman–Crippen MR) is 109 cm³/mol. The average Bonchev–Trinajstić information content (AvgIpc) is 3.28. The number of pyridine rings is 1. The third-order valence-electron chi connectivity index (χ3n) is 4.89. The van der Waals surface area contributed by atoms with Gasteiger partial charge in [0.2, 0.25) is 0 Å². The van der Waals surface area contributed by atoms with Gasteiger partial charge in [-0.05, 0) is 62.0 Å². The summed E-state index contributed by atoms with van der Waals surface area (Å²) in [5.74, 6) is -0.295. The summed E-state index contributed by atoms with van der Waals surface area (Å²) in [6.45, 7) is 4.26. The molecule has 3 heterocycles. The molecule has 0 spiro atoms. The second-order valence-electron chi connectivity index (χ2n) is 6.93. The largest absolute Gasteiger partial charge is 0.351 e. The number of anilines is 1. The Bertz CT molecular complexity index is 954. The van der Waals surface area contributed by atoms with Gasteiger partial charge in [-0.15, -0.1) is 0 Å². The minimum absolute atomic E-state index is 0.165. The number of benzene rings is 1. The Kier molecular flexibility index (Phi) is 4.66. The Morgan fingerprint density at radius 3 is 2.56 bits per heavy atom. The van der Waals surface area contributed by atoms with Crippen LogP contribution in [0.1, 0.15) is 43.2 Å². The third kappa shape index (κ3) is 3.21. The first-order valence-electron chi connectivity index (χ1n) is 8.99. The van der Waals surface area contributed by atoms with Gasteiger partial charge < -0.3 is 14.8 Å². The Morgan fingerprint density at radius 1 is 1.11 bits per heavy atom. The topological polar surface area (TPSA) is 33.1 Å². The van der Waals surface area contributed by atoms with E-state index in [1.165, 1.54) is 6.07 Å². The number of thiocarbonyl (C=S) groups is 1. The molecular formula is C21H21FN4S. The van der Waals surface area contributed by atoms with Gasteiger partial charge >= 0.3 is 0 Å². The van der Waals surface area contributed by atoms with Crippen LogP contribution in [0.3, 0.4) is 0 Å². The van der Waals surface area contributed by atoms with Crippen molar-refractivity contribution in [3.05, 3.63) is 84.2 Å². The van der Waals surface area contributed by atoms with Crippen LogP contribution in [0, 0.1) is 5.82 Å². The van der Waals surface area contributed by atoms with E-state index in [1.807, 2.05) is 29.2 Å². The van der Waals surface area contributed by atoms with E-state index in [1.54, 1.807) is 18.3 Å². The summed E-state index contributed by atoms with van der Waals surface area (Å²) in [6.07, 6.45) is 5.92. The Morgan fingerprint density at radius 2 is 1.89 bits per heavy atom. The predicted octanol–water partition coefficient (Wildman–Crippen LogP) is 4.78. The van der Waals surface area contributed by atoms with E-state index in [9.17, 15) is 4.39 Å². The van der Waals surface area contributed by atoms with Crippen LogP contribution in [0.2, 0.25) is 0 Å². The van der Waals surface area contributed by atoms with Crippen LogP contribution in [0.4, 0.5) is 10.1 Å². The van der Waals surface area contributed by atoms with Gasteiger partial charge in [-0.25, -0.2) is 4.39 Å². The fourth-order valence-corrected chi connectivity index (χ4v) is 3.87. The van der Waals surface area contributed by atoms with Gasteiger partial charge in [0.05, 0.1) is 23.5 Å². The molecule has 0 aliphatic carbocycles. The molecule has 1 aliphatic heterocycles. The molecule has 2 atom stereocenters. The number of hydrogen-bond acceptors (Lipinski definition) is 2. The summed E-state index contributed by atoms with van der Waals surface area (Å²) in [7, 11) is 0. The highest BCUT2D eigenvalue weighted by atomic mass is 32.1. The van der Waals surface area contributed by atoms with Crippen LogP contribution >= 0.6 is 12.2 Å². The van der Waals surface area contributed by atoms with Crippen molar-refractivity contribution in [2.75, 3.05) is 4.90 Å². The van der Waals surface area contributed by atoms with Crippen molar-refractivity contribution in [2.45, 2.75) is 32.0 Å². The quantitative estimate of drug-likeness (QED) is 0.661. The molecule has 6 heteroatoms. The molecular weight excluding hydrogens is 359 g/mol. The molecule has 27 heavy (non-hydrogen) atoms. The molecule has 1 aliphatic rings. The second-order valence-corrected chi connectivity index (χ2v) is 7.32. The van der Waals surface area contributed by atoms with E-state index < -0.39 is 0 Å². The van der Waals surface area contributed by atoms with Gasteiger partial charge in [-0.1, -0.05) is 18.2 Å². The number of rotatable bonds is 4. The molecule has 4 rings (SSSR count). The summed E-state index contributed by atoms with van der Waals surface area (Å²) in [6, 6.07) is 14.6. The van der Waals surface area contributed by atoms with Crippen LogP contribution in [0.25, 0.3) is 0 Å². The maximum absolute atomic E-state index is 14.6. The lowest BCUT2D eigenvalue weighted by molar-refractivity contribution is 0.552. The number of aromatic nitrogens is 2. The summed E-state index contributed by atoms with van der Waals surface area (Å²) in [4.78, 5) is 6.38. The van der Waals surface area contributed by atoms with Crippen molar-refractivity contribution in [1.29, 1.82) is 0 Å². The Labute approximate surface area is 163 Å². The van der Waals surface area contributed by atoms with Crippen LogP contribution in [-0.4, -0.2) is 14.7 Å². The molecule has 0 unspecified atom stereocenters. The normalized spacial score (nSPS) is 19.6. The van der Waals surface area contributed by atoms with Gasteiger partial charge in [0.15, 0.2) is 5.11 Å². The highest BCUT2D eigenvalue weighted by molar-refractivity contribution is 7.80. The summed E-state index contributed by atoms with van der Waals surface area (Å²) in [5.41, 5.74) is 2.41. The van der Waals surface area contributed by atoms with Gasteiger partial charge in [0, 0.05) is 24.6 Å². The third-order valence-corrected chi connectivity index (χ3v) is 5.20. The summed E-state index contributed by atoms with van der Waals surface area (Å²) in [5, 5.41) is 3.85. The van der Waals surface area contributed by atoms with Crippen molar-refractivity contribution >= 4 is 23.0 Å². The molecule has 0 amide bonds. The van der Waals surface area contributed by atoms with Gasteiger partial charge in [0.1, 0.15) is 5.82 Å².